The van der Waals surface area contributed by atoms with E-state index in [0.717, 1.165) is 24.8 Å². The van der Waals surface area contributed by atoms with E-state index in [-0.39, 0.29) is 18.0 Å². The van der Waals surface area contributed by atoms with Gasteiger partial charge < -0.3 is 14.2 Å². The molecule has 0 radical (unpaired) electrons. The minimum absolute atomic E-state index is 0.0334. The number of carbonyl (C=O) groups excluding carboxylic acids is 2. The zero-order chi connectivity index (χ0) is 17.5. The molecule has 0 aliphatic heterocycles. The van der Waals surface area contributed by atoms with Gasteiger partial charge in [-0.25, -0.2) is 4.79 Å². The Labute approximate surface area is 142 Å². The minimum atomic E-state index is -0.493. The van der Waals surface area contributed by atoms with Gasteiger partial charge in [0.25, 0.3) is 0 Å². The second-order valence-corrected chi connectivity index (χ2v) is 5.83. The predicted octanol–water partition coefficient (Wildman–Crippen LogP) is 3.64. The summed E-state index contributed by atoms with van der Waals surface area (Å²) in [6.45, 7) is 2.03. The maximum absolute atomic E-state index is 12.1. The van der Waals surface area contributed by atoms with E-state index in [2.05, 4.69) is 0 Å². The molecular weight excluding hydrogens is 308 g/mol. The standard InChI is InChI=1S/C19H24O5/c1-4-7-17(24-18(20)13-10-11-13)15-9-6-5-8-14(15)16(12-22-2)19(21)23-3/h5-6,8-9,12-13,17H,4,7,10-11H2,1-3H3. The van der Waals surface area contributed by atoms with Crippen molar-refractivity contribution in [3.8, 4) is 0 Å². The van der Waals surface area contributed by atoms with Crippen LogP contribution in [0.4, 0.5) is 0 Å². The number of ether oxygens (including phenoxy) is 3. The Kier molecular flexibility index (Phi) is 6.41. The van der Waals surface area contributed by atoms with Crippen molar-refractivity contribution in [3.05, 3.63) is 41.7 Å². The molecule has 2 rings (SSSR count). The first-order chi connectivity index (χ1) is 11.6. The number of methoxy groups -OCH3 is 2. The fourth-order valence-electron chi connectivity index (χ4n) is 2.57. The van der Waals surface area contributed by atoms with Crippen molar-refractivity contribution < 1.29 is 23.8 Å². The maximum Gasteiger partial charge on any atom is 0.341 e. The first-order valence-corrected chi connectivity index (χ1v) is 8.23. The van der Waals surface area contributed by atoms with Crippen molar-refractivity contribution in [2.75, 3.05) is 14.2 Å². The summed E-state index contributed by atoms with van der Waals surface area (Å²) < 4.78 is 15.6. The monoisotopic (exact) mass is 332 g/mol. The molecule has 1 aliphatic rings. The maximum atomic E-state index is 12.1. The van der Waals surface area contributed by atoms with E-state index in [4.69, 9.17) is 14.2 Å². The summed E-state index contributed by atoms with van der Waals surface area (Å²) in [5.41, 5.74) is 1.76. The van der Waals surface area contributed by atoms with Gasteiger partial charge in [0.1, 0.15) is 11.7 Å². The summed E-state index contributed by atoms with van der Waals surface area (Å²) in [5.74, 6) is -0.613. The Bertz CT molecular complexity index is 616. The molecule has 1 atom stereocenters. The molecule has 0 spiro atoms. The number of benzene rings is 1. The highest BCUT2D eigenvalue weighted by molar-refractivity contribution is 6.16. The summed E-state index contributed by atoms with van der Waals surface area (Å²) in [4.78, 5) is 24.2. The largest absolute Gasteiger partial charge is 0.503 e. The highest BCUT2D eigenvalue weighted by Gasteiger charge is 2.34. The van der Waals surface area contributed by atoms with Crippen molar-refractivity contribution in [2.45, 2.75) is 38.7 Å². The van der Waals surface area contributed by atoms with E-state index in [9.17, 15) is 9.59 Å². The van der Waals surface area contributed by atoms with Crippen molar-refractivity contribution >= 4 is 17.5 Å². The highest BCUT2D eigenvalue weighted by atomic mass is 16.5. The molecule has 0 aromatic heterocycles. The van der Waals surface area contributed by atoms with Crippen LogP contribution in [-0.2, 0) is 23.8 Å². The van der Waals surface area contributed by atoms with Crippen molar-refractivity contribution in [3.63, 3.8) is 0 Å². The van der Waals surface area contributed by atoms with E-state index >= 15 is 0 Å². The zero-order valence-electron chi connectivity index (χ0n) is 14.4. The quantitative estimate of drug-likeness (QED) is 0.413. The van der Waals surface area contributed by atoms with Crippen LogP contribution in [0.3, 0.4) is 0 Å². The van der Waals surface area contributed by atoms with E-state index in [1.165, 1.54) is 20.5 Å². The first-order valence-electron chi connectivity index (χ1n) is 8.23. The van der Waals surface area contributed by atoms with Gasteiger partial charge in [-0.3, -0.25) is 4.79 Å². The molecule has 1 aromatic rings. The highest BCUT2D eigenvalue weighted by Crippen LogP contribution is 2.35. The molecule has 24 heavy (non-hydrogen) atoms. The molecule has 0 N–H and O–H groups in total. The van der Waals surface area contributed by atoms with Gasteiger partial charge in [-0.05, 0) is 24.8 Å². The molecule has 1 saturated carbocycles. The lowest BCUT2D eigenvalue weighted by Gasteiger charge is -2.21. The summed E-state index contributed by atoms with van der Waals surface area (Å²) in [6.07, 6.45) is 4.32. The lowest BCUT2D eigenvalue weighted by molar-refractivity contribution is -0.151. The normalized spacial score (nSPS) is 15.5. The molecule has 5 nitrogen and oxygen atoms in total. The summed E-state index contributed by atoms with van der Waals surface area (Å²) in [5, 5.41) is 0. The van der Waals surface area contributed by atoms with E-state index in [1.807, 2.05) is 31.2 Å². The van der Waals surface area contributed by atoms with E-state index in [0.29, 0.717) is 17.6 Å². The number of rotatable bonds is 8. The minimum Gasteiger partial charge on any atom is -0.503 e. The van der Waals surface area contributed by atoms with Crippen LogP contribution in [0.2, 0.25) is 0 Å². The lowest BCUT2D eigenvalue weighted by Crippen LogP contribution is -2.15. The SMILES string of the molecule is CCCC(OC(=O)C1CC1)c1ccccc1C(=COC)C(=O)OC. The lowest BCUT2D eigenvalue weighted by atomic mass is 9.94. The molecule has 0 saturated heterocycles. The van der Waals surface area contributed by atoms with Crippen LogP contribution in [-0.4, -0.2) is 26.2 Å². The van der Waals surface area contributed by atoms with Gasteiger partial charge in [0.15, 0.2) is 0 Å². The molecule has 130 valence electrons. The fraction of sp³-hybridized carbons (Fsp3) is 0.474. The molecule has 1 aromatic carbocycles. The van der Waals surface area contributed by atoms with Gasteiger partial charge in [0, 0.05) is 5.56 Å². The molecule has 1 aliphatic carbocycles. The van der Waals surface area contributed by atoms with Crippen LogP contribution in [0.5, 0.6) is 0 Å². The molecular formula is C19H24O5. The van der Waals surface area contributed by atoms with Crippen LogP contribution in [0.15, 0.2) is 30.5 Å². The van der Waals surface area contributed by atoms with Crippen molar-refractivity contribution in [1.29, 1.82) is 0 Å². The summed E-state index contributed by atoms with van der Waals surface area (Å²) in [6, 6.07) is 7.39. The third kappa shape index (κ3) is 4.37. The number of esters is 2. The molecule has 0 heterocycles. The Hall–Kier alpha value is -2.30. The Balaban J connectivity index is 2.37. The second-order valence-electron chi connectivity index (χ2n) is 5.83. The number of hydrogen-bond donors (Lipinski definition) is 0. The summed E-state index contributed by atoms with van der Waals surface area (Å²) in [7, 11) is 2.80. The average molecular weight is 332 g/mol. The second kappa shape index (κ2) is 8.52. The van der Waals surface area contributed by atoms with Crippen molar-refractivity contribution in [2.24, 2.45) is 5.92 Å². The molecule has 5 heteroatoms. The number of hydrogen-bond acceptors (Lipinski definition) is 5. The van der Waals surface area contributed by atoms with Crippen LogP contribution in [0.1, 0.15) is 49.8 Å². The molecule has 0 amide bonds. The third-order valence-corrected chi connectivity index (χ3v) is 3.96. The Morgan fingerprint density at radius 3 is 2.54 bits per heavy atom. The van der Waals surface area contributed by atoms with Gasteiger partial charge >= 0.3 is 11.9 Å². The molecule has 0 bridgehead atoms. The van der Waals surface area contributed by atoms with Gasteiger partial charge in [-0.15, -0.1) is 0 Å². The van der Waals surface area contributed by atoms with Crippen LogP contribution >= 0.6 is 0 Å². The Morgan fingerprint density at radius 2 is 1.96 bits per heavy atom. The van der Waals surface area contributed by atoms with Crippen LogP contribution in [0.25, 0.3) is 5.57 Å². The van der Waals surface area contributed by atoms with Gasteiger partial charge in [-0.2, -0.15) is 0 Å². The number of carbonyl (C=O) groups is 2. The van der Waals surface area contributed by atoms with E-state index in [1.54, 1.807) is 0 Å². The first kappa shape index (κ1) is 18.0. The van der Waals surface area contributed by atoms with Crippen LogP contribution in [0, 0.1) is 5.92 Å². The van der Waals surface area contributed by atoms with E-state index < -0.39 is 5.97 Å². The Morgan fingerprint density at radius 1 is 1.25 bits per heavy atom. The predicted molar refractivity (Wildman–Crippen MR) is 89.9 cm³/mol. The van der Waals surface area contributed by atoms with Gasteiger partial charge in [-0.1, -0.05) is 37.6 Å². The zero-order valence-corrected chi connectivity index (χ0v) is 14.4. The molecule has 1 fully saturated rings. The topological polar surface area (TPSA) is 61.8 Å². The average Bonchev–Trinajstić information content (AvgIpc) is 3.44. The molecule has 1 unspecified atom stereocenters. The van der Waals surface area contributed by atoms with Crippen LogP contribution < -0.4 is 0 Å². The fourth-order valence-corrected chi connectivity index (χ4v) is 2.57. The van der Waals surface area contributed by atoms with Gasteiger partial charge in [0.2, 0.25) is 0 Å². The smallest absolute Gasteiger partial charge is 0.341 e. The summed E-state index contributed by atoms with van der Waals surface area (Å²) >= 11 is 0. The van der Waals surface area contributed by atoms with Gasteiger partial charge in [0.05, 0.1) is 26.4 Å². The third-order valence-electron chi connectivity index (χ3n) is 3.96. The van der Waals surface area contributed by atoms with Crippen molar-refractivity contribution in [1.82, 2.24) is 0 Å².